The smallest absolute Gasteiger partial charge is 0.0910 e. The van der Waals surface area contributed by atoms with Crippen molar-refractivity contribution in [1.29, 1.82) is 0 Å². The molecule has 1 aromatic carbocycles. The Bertz CT molecular complexity index is 725. The fourth-order valence-corrected chi connectivity index (χ4v) is 4.31. The van der Waals surface area contributed by atoms with Crippen molar-refractivity contribution in [3.8, 4) is 0 Å². The van der Waals surface area contributed by atoms with Crippen LogP contribution in [-0.4, -0.2) is 24.1 Å². The average Bonchev–Trinajstić information content (AvgIpc) is 2.75. The van der Waals surface area contributed by atoms with Crippen molar-refractivity contribution >= 4 is 12.0 Å². The van der Waals surface area contributed by atoms with E-state index in [0.29, 0.717) is 12.1 Å². The van der Waals surface area contributed by atoms with Gasteiger partial charge >= 0.3 is 0 Å². The molecule has 162 valence electrons. The number of rotatable bonds is 6. The molecule has 30 heavy (non-hydrogen) atoms. The number of hydrogen-bond donors (Lipinski definition) is 0. The van der Waals surface area contributed by atoms with Crippen molar-refractivity contribution in [1.82, 2.24) is 0 Å². The van der Waals surface area contributed by atoms with Gasteiger partial charge in [0.2, 0.25) is 0 Å². The summed E-state index contributed by atoms with van der Waals surface area (Å²) in [5.74, 6) is 0. The second kappa shape index (κ2) is 10.3. The first-order chi connectivity index (χ1) is 14.4. The van der Waals surface area contributed by atoms with Crippen LogP contribution in [0.25, 0.3) is 0 Å². The summed E-state index contributed by atoms with van der Waals surface area (Å²) < 4.78 is 0. The minimum atomic E-state index is -0.341. The summed E-state index contributed by atoms with van der Waals surface area (Å²) in [5.41, 5.74) is 1.64. The van der Waals surface area contributed by atoms with Gasteiger partial charge in [-0.1, -0.05) is 62.8 Å². The Balaban J connectivity index is 1.66. The van der Waals surface area contributed by atoms with Crippen molar-refractivity contribution in [2.24, 2.45) is 20.0 Å². The van der Waals surface area contributed by atoms with E-state index in [0.717, 1.165) is 11.1 Å². The normalized spacial score (nSPS) is 18.8. The predicted octanol–water partition coefficient (Wildman–Crippen LogP) is 7.17. The zero-order valence-electron chi connectivity index (χ0n) is 19.3. The van der Waals surface area contributed by atoms with Crippen LogP contribution in [0.5, 0.6) is 0 Å². The Labute approximate surface area is 182 Å². The minimum Gasteiger partial charge on any atom is -0.222 e. The molecule has 0 atom stereocenters. The zero-order chi connectivity index (χ0) is 21.5. The molecule has 0 bridgehead atoms. The Kier molecular flexibility index (Phi) is 7.81. The van der Waals surface area contributed by atoms with Crippen LogP contribution in [0.15, 0.2) is 44.2 Å². The molecule has 0 heterocycles. The summed E-state index contributed by atoms with van der Waals surface area (Å²) in [5, 5.41) is 0. The fraction of sp³-hybridized carbons (Fsp3) is 0.692. The van der Waals surface area contributed by atoms with E-state index in [9.17, 15) is 0 Å². The largest absolute Gasteiger partial charge is 0.222 e. The van der Waals surface area contributed by atoms with Gasteiger partial charge in [-0.05, 0) is 64.5 Å². The van der Waals surface area contributed by atoms with Crippen LogP contribution in [-0.2, 0) is 11.1 Å². The minimum absolute atomic E-state index is 0.341. The van der Waals surface area contributed by atoms with Gasteiger partial charge in [0.15, 0.2) is 0 Å². The lowest BCUT2D eigenvalue weighted by Gasteiger charge is -2.22. The molecule has 2 aliphatic carbocycles. The number of hydrogen-bond acceptors (Lipinski definition) is 4. The molecule has 0 aromatic heterocycles. The van der Waals surface area contributed by atoms with Gasteiger partial charge in [-0.15, -0.1) is 0 Å². The Hall–Kier alpha value is -2.02. The third-order valence-corrected chi connectivity index (χ3v) is 6.59. The molecule has 1 aromatic rings. The van der Waals surface area contributed by atoms with Crippen LogP contribution < -0.4 is 0 Å². The fourth-order valence-electron chi connectivity index (χ4n) is 4.31. The molecule has 0 aliphatic heterocycles. The molecule has 2 saturated carbocycles. The van der Waals surface area contributed by atoms with Gasteiger partial charge in [-0.25, -0.2) is 20.0 Å². The van der Waals surface area contributed by atoms with Crippen LogP contribution >= 0.6 is 0 Å². The second-order valence-corrected chi connectivity index (χ2v) is 9.96. The maximum absolute atomic E-state index is 4.65. The molecular formula is C26H38N4. The molecule has 3 rings (SSSR count). The SMILES string of the molecule is CC(C)(N=C=NC1CCCCC1)c1ccc(C(C)(C)N=C=NC2CCCCC2)cc1. The lowest BCUT2D eigenvalue weighted by atomic mass is 9.89. The summed E-state index contributed by atoms with van der Waals surface area (Å²) in [6, 6.07) is 15.4. The third-order valence-electron chi connectivity index (χ3n) is 6.59. The van der Waals surface area contributed by atoms with Crippen LogP contribution in [0.2, 0.25) is 0 Å². The summed E-state index contributed by atoms with van der Waals surface area (Å²) in [6.45, 7) is 8.47. The number of aliphatic imine (C=N–C) groups is 4. The van der Waals surface area contributed by atoms with Crippen molar-refractivity contribution in [2.75, 3.05) is 0 Å². The molecule has 4 heteroatoms. The van der Waals surface area contributed by atoms with E-state index in [-0.39, 0.29) is 11.1 Å². The highest BCUT2D eigenvalue weighted by atomic mass is 14.9. The quantitative estimate of drug-likeness (QED) is 0.450. The summed E-state index contributed by atoms with van der Waals surface area (Å²) in [4.78, 5) is 18.4. The first-order valence-electron chi connectivity index (χ1n) is 11.8. The molecule has 0 radical (unpaired) electrons. The van der Waals surface area contributed by atoms with Crippen molar-refractivity contribution in [3.63, 3.8) is 0 Å². The standard InChI is InChI=1S/C26H38N4/c1-25(2,29-19-27-23-11-7-5-8-12-23)21-15-17-22(18-16-21)26(3,4)30-20-28-24-13-9-6-10-14-24/h15-18,23-24H,5-14H2,1-4H3. The Morgan fingerprint density at radius 3 is 1.27 bits per heavy atom. The van der Waals surface area contributed by atoms with Gasteiger partial charge in [-0.2, -0.15) is 0 Å². The topological polar surface area (TPSA) is 49.4 Å². The molecule has 0 spiro atoms. The predicted molar refractivity (Wildman–Crippen MR) is 126 cm³/mol. The van der Waals surface area contributed by atoms with E-state index in [1.54, 1.807) is 0 Å². The van der Waals surface area contributed by atoms with Crippen LogP contribution in [0.3, 0.4) is 0 Å². The number of nitrogens with zero attached hydrogens (tertiary/aromatic N) is 4. The van der Waals surface area contributed by atoms with Gasteiger partial charge in [-0.3, -0.25) is 0 Å². The molecule has 0 N–H and O–H groups in total. The molecule has 2 aliphatic rings. The van der Waals surface area contributed by atoms with Crippen LogP contribution in [0, 0.1) is 0 Å². The first kappa shape index (κ1) is 22.7. The highest BCUT2D eigenvalue weighted by molar-refractivity contribution is 5.46. The van der Waals surface area contributed by atoms with E-state index in [4.69, 9.17) is 0 Å². The summed E-state index contributed by atoms with van der Waals surface area (Å²) in [7, 11) is 0. The Morgan fingerprint density at radius 2 is 0.933 bits per heavy atom. The number of benzene rings is 1. The van der Waals surface area contributed by atoms with Crippen LogP contribution in [0.1, 0.15) is 103 Å². The van der Waals surface area contributed by atoms with Gasteiger partial charge in [0.1, 0.15) is 0 Å². The van der Waals surface area contributed by atoms with E-state index >= 15 is 0 Å². The van der Waals surface area contributed by atoms with Crippen molar-refractivity contribution in [3.05, 3.63) is 35.4 Å². The maximum atomic E-state index is 4.65. The monoisotopic (exact) mass is 406 g/mol. The first-order valence-corrected chi connectivity index (χ1v) is 11.8. The van der Waals surface area contributed by atoms with Gasteiger partial charge < -0.3 is 0 Å². The van der Waals surface area contributed by atoms with E-state index in [1.807, 2.05) is 0 Å². The summed E-state index contributed by atoms with van der Waals surface area (Å²) >= 11 is 0. The van der Waals surface area contributed by atoms with E-state index < -0.39 is 0 Å². The van der Waals surface area contributed by atoms with Gasteiger partial charge in [0, 0.05) is 0 Å². The highest BCUT2D eigenvalue weighted by Gasteiger charge is 2.23. The van der Waals surface area contributed by atoms with E-state index in [2.05, 4.69) is 83.9 Å². The molecule has 0 saturated heterocycles. The van der Waals surface area contributed by atoms with Gasteiger partial charge in [0.05, 0.1) is 35.2 Å². The lowest BCUT2D eigenvalue weighted by Crippen LogP contribution is -2.17. The molecular weight excluding hydrogens is 368 g/mol. The average molecular weight is 407 g/mol. The van der Waals surface area contributed by atoms with E-state index in [1.165, 1.54) is 64.2 Å². The third kappa shape index (κ3) is 6.49. The zero-order valence-corrected chi connectivity index (χ0v) is 19.3. The molecule has 2 fully saturated rings. The Morgan fingerprint density at radius 1 is 0.600 bits per heavy atom. The molecule has 0 amide bonds. The maximum Gasteiger partial charge on any atom is 0.0910 e. The second-order valence-electron chi connectivity index (χ2n) is 9.96. The van der Waals surface area contributed by atoms with Crippen molar-refractivity contribution < 1.29 is 0 Å². The molecule has 0 unspecified atom stereocenters. The summed E-state index contributed by atoms with van der Waals surface area (Å²) in [6.07, 6.45) is 12.5. The lowest BCUT2D eigenvalue weighted by molar-refractivity contribution is 0.443. The highest BCUT2D eigenvalue weighted by Crippen LogP contribution is 2.29. The van der Waals surface area contributed by atoms with Crippen molar-refractivity contribution in [2.45, 2.75) is 115 Å². The molecule has 4 nitrogen and oxygen atoms in total. The van der Waals surface area contributed by atoms with Gasteiger partial charge in [0.25, 0.3) is 0 Å². The van der Waals surface area contributed by atoms with Crippen LogP contribution in [0.4, 0.5) is 0 Å².